The molecule has 0 spiro atoms. The van der Waals surface area contributed by atoms with Crippen molar-refractivity contribution in [3.05, 3.63) is 24.3 Å². The summed E-state index contributed by atoms with van der Waals surface area (Å²) in [5, 5.41) is 10.6. The molecule has 0 saturated carbocycles. The van der Waals surface area contributed by atoms with Crippen molar-refractivity contribution in [3.8, 4) is 0 Å². The fraction of sp³-hybridized carbons (Fsp3) is 0.901. The van der Waals surface area contributed by atoms with Crippen LogP contribution in [0.2, 0.25) is 0 Å². The van der Waals surface area contributed by atoms with Gasteiger partial charge in [0.1, 0.15) is 19.3 Å². The molecule has 0 saturated heterocycles. The zero-order valence-electron chi connectivity index (χ0n) is 64.8. The number of phosphoric ester groups is 2. The van der Waals surface area contributed by atoms with Gasteiger partial charge in [-0.1, -0.05) is 354 Å². The molecule has 0 aromatic heterocycles. The summed E-state index contributed by atoms with van der Waals surface area (Å²) in [7, 11) is -9.93. The number of carbonyl (C=O) groups is 4. The first-order valence-electron chi connectivity index (χ1n) is 41.5. The fourth-order valence-corrected chi connectivity index (χ4v) is 13.6. The second-order valence-corrected chi connectivity index (χ2v) is 31.6. The highest BCUT2D eigenvalue weighted by molar-refractivity contribution is 7.47. The Balaban J connectivity index is 5.21. The summed E-state index contributed by atoms with van der Waals surface area (Å²) >= 11 is 0. The Morgan fingerprint density at radius 3 is 0.850 bits per heavy atom. The van der Waals surface area contributed by atoms with E-state index in [1.54, 1.807) is 0 Å². The molecule has 590 valence electrons. The van der Waals surface area contributed by atoms with Crippen LogP contribution in [0.5, 0.6) is 0 Å². The fourth-order valence-electron chi connectivity index (χ4n) is 12.0. The highest BCUT2D eigenvalue weighted by atomic mass is 31.2. The van der Waals surface area contributed by atoms with Crippen molar-refractivity contribution in [2.45, 2.75) is 425 Å². The predicted octanol–water partition coefficient (Wildman–Crippen LogP) is 24.0. The number of hydrogen-bond donors (Lipinski definition) is 3. The molecule has 0 fully saturated rings. The summed E-state index contributed by atoms with van der Waals surface area (Å²) in [6.45, 7) is 7.30. The molecule has 0 amide bonds. The summed E-state index contributed by atoms with van der Waals surface area (Å²) < 4.78 is 68.6. The lowest BCUT2D eigenvalue weighted by atomic mass is 9.99. The minimum Gasteiger partial charge on any atom is -0.462 e. The van der Waals surface area contributed by atoms with Crippen molar-refractivity contribution in [1.29, 1.82) is 0 Å². The summed E-state index contributed by atoms with van der Waals surface area (Å²) in [6.07, 6.45) is 67.4. The van der Waals surface area contributed by atoms with Gasteiger partial charge >= 0.3 is 39.5 Å². The molecule has 19 heteroatoms. The number of esters is 4. The molecule has 3 N–H and O–H groups in total. The number of rotatable bonds is 79. The topological polar surface area (TPSA) is 237 Å². The molecule has 6 atom stereocenters. The largest absolute Gasteiger partial charge is 0.472 e. The Kier molecular flexibility index (Phi) is 71.6. The summed E-state index contributed by atoms with van der Waals surface area (Å²) in [5.41, 5.74) is 0. The van der Waals surface area contributed by atoms with Gasteiger partial charge in [0, 0.05) is 25.7 Å². The Labute approximate surface area is 612 Å². The first-order chi connectivity index (χ1) is 48.6. The van der Waals surface area contributed by atoms with E-state index in [0.717, 1.165) is 121 Å². The van der Waals surface area contributed by atoms with Crippen LogP contribution in [0.15, 0.2) is 24.3 Å². The lowest BCUT2D eigenvalue weighted by molar-refractivity contribution is -0.161. The van der Waals surface area contributed by atoms with E-state index >= 15 is 0 Å². The van der Waals surface area contributed by atoms with Crippen LogP contribution in [0.4, 0.5) is 0 Å². The van der Waals surface area contributed by atoms with Crippen molar-refractivity contribution < 1.29 is 80.2 Å². The molecule has 100 heavy (non-hydrogen) atoms. The molecule has 0 aromatic carbocycles. The number of hydrogen-bond acceptors (Lipinski definition) is 15. The third-order valence-electron chi connectivity index (χ3n) is 18.8. The molecule has 3 unspecified atom stereocenters. The van der Waals surface area contributed by atoms with Gasteiger partial charge in [0.2, 0.25) is 0 Å². The van der Waals surface area contributed by atoms with Crippen LogP contribution in [0.25, 0.3) is 0 Å². The molecule has 0 aliphatic rings. The molecule has 17 nitrogen and oxygen atoms in total. The standard InChI is InChI=1S/C81H154O17P2/c1-6-10-13-16-19-22-24-26-32-37-41-45-50-55-60-65-79(84)92-71-77(98-81(86)67-62-57-52-47-43-39-35-31-29-28-30-34-36-40-44-48-53-58-63-74(5)9-4)73-96-100(89,90)94-69-75(82)68-93-99(87,88)95-72-76(70-91-78(83)64-59-54-49-21-18-15-12-8-3)97-80(85)66-61-56-51-46-42-38-33-27-25-23-20-17-14-11-7-2/h22,24,26,32,74-77,82H,6-21,23,25,27-31,33-73H2,1-5H3,(H,87,88)(H,89,90)/b24-22-,32-26-/t74?,75-,76+,77+/m0/s1. The summed E-state index contributed by atoms with van der Waals surface area (Å²) in [6, 6.07) is 0. The summed E-state index contributed by atoms with van der Waals surface area (Å²) in [4.78, 5) is 72.9. The SMILES string of the molecule is CCCCCC/C=C\C=C/CCCCCCCC(=O)OC[C@H](COP(=O)(O)OC[C@@H](O)COP(=O)(O)OC[C@@H](COC(=O)CCCCCCCCCC)OC(=O)CCCCCCCCCCCCCCCCC)OC(=O)CCCCCCCCCCCCCCCCCCCCC(C)CC. The molecule has 0 heterocycles. The Hall–Kier alpha value is -2.46. The first kappa shape index (κ1) is 97.5. The Morgan fingerprint density at radius 2 is 0.560 bits per heavy atom. The molecule has 0 aromatic rings. The minimum atomic E-state index is -4.97. The van der Waals surface area contributed by atoms with E-state index in [4.69, 9.17) is 37.0 Å². The van der Waals surface area contributed by atoms with Gasteiger partial charge in [0.15, 0.2) is 12.2 Å². The van der Waals surface area contributed by atoms with Gasteiger partial charge in [-0.2, -0.15) is 0 Å². The number of aliphatic hydroxyl groups excluding tert-OH is 1. The van der Waals surface area contributed by atoms with Gasteiger partial charge in [-0.05, 0) is 57.3 Å². The Morgan fingerprint density at radius 1 is 0.320 bits per heavy atom. The van der Waals surface area contributed by atoms with E-state index in [0.29, 0.717) is 25.7 Å². The highest BCUT2D eigenvalue weighted by Crippen LogP contribution is 2.45. The van der Waals surface area contributed by atoms with Crippen molar-refractivity contribution in [1.82, 2.24) is 0 Å². The van der Waals surface area contributed by atoms with E-state index in [1.807, 2.05) is 0 Å². The monoisotopic (exact) mass is 1460 g/mol. The Bertz CT molecular complexity index is 2010. The van der Waals surface area contributed by atoms with Crippen LogP contribution >= 0.6 is 15.6 Å². The third-order valence-corrected chi connectivity index (χ3v) is 20.7. The van der Waals surface area contributed by atoms with Crippen LogP contribution < -0.4 is 0 Å². The van der Waals surface area contributed by atoms with E-state index < -0.39 is 97.5 Å². The van der Waals surface area contributed by atoms with Crippen LogP contribution in [0.1, 0.15) is 407 Å². The van der Waals surface area contributed by atoms with Crippen molar-refractivity contribution in [2.24, 2.45) is 5.92 Å². The third kappa shape index (κ3) is 72.5. The van der Waals surface area contributed by atoms with Crippen molar-refractivity contribution >= 4 is 39.5 Å². The van der Waals surface area contributed by atoms with Gasteiger partial charge in [-0.15, -0.1) is 0 Å². The first-order valence-corrected chi connectivity index (χ1v) is 44.5. The molecule has 0 aliphatic carbocycles. The second-order valence-electron chi connectivity index (χ2n) is 28.7. The maximum atomic E-state index is 13.1. The molecular weight excluding hydrogens is 1310 g/mol. The average Bonchev–Trinajstić information content (AvgIpc) is 0.953. The van der Waals surface area contributed by atoms with Crippen LogP contribution in [0.3, 0.4) is 0 Å². The summed E-state index contributed by atoms with van der Waals surface area (Å²) in [5.74, 6) is -1.27. The normalized spacial score (nSPS) is 14.3. The molecule has 0 aliphatic heterocycles. The number of ether oxygens (including phenoxy) is 4. The molecular formula is C81H154O17P2. The van der Waals surface area contributed by atoms with E-state index in [-0.39, 0.29) is 25.7 Å². The lowest BCUT2D eigenvalue weighted by Crippen LogP contribution is -2.30. The van der Waals surface area contributed by atoms with Gasteiger partial charge < -0.3 is 33.8 Å². The maximum absolute atomic E-state index is 13.1. The second kappa shape index (κ2) is 73.4. The van der Waals surface area contributed by atoms with Crippen LogP contribution in [-0.4, -0.2) is 96.7 Å². The molecule has 0 bridgehead atoms. The van der Waals surface area contributed by atoms with Crippen LogP contribution in [-0.2, 0) is 65.4 Å². The zero-order valence-corrected chi connectivity index (χ0v) is 66.6. The quantitative estimate of drug-likeness (QED) is 0.0169. The maximum Gasteiger partial charge on any atom is 0.472 e. The van der Waals surface area contributed by atoms with E-state index in [1.165, 1.54) is 205 Å². The molecule has 0 rings (SSSR count). The number of allylic oxidation sites excluding steroid dienone is 4. The average molecular weight is 1460 g/mol. The number of phosphoric acid groups is 2. The number of carbonyl (C=O) groups excluding carboxylic acids is 4. The van der Waals surface area contributed by atoms with Crippen molar-refractivity contribution in [3.63, 3.8) is 0 Å². The van der Waals surface area contributed by atoms with Crippen molar-refractivity contribution in [2.75, 3.05) is 39.6 Å². The smallest absolute Gasteiger partial charge is 0.462 e. The van der Waals surface area contributed by atoms with E-state index in [9.17, 15) is 43.2 Å². The number of unbranched alkanes of at least 4 members (excludes halogenated alkanes) is 47. The van der Waals surface area contributed by atoms with Gasteiger partial charge in [0.05, 0.1) is 26.4 Å². The predicted molar refractivity (Wildman–Crippen MR) is 409 cm³/mol. The molecule has 0 radical (unpaired) electrons. The van der Waals surface area contributed by atoms with Gasteiger partial charge in [-0.3, -0.25) is 37.3 Å². The number of aliphatic hydroxyl groups is 1. The van der Waals surface area contributed by atoms with Gasteiger partial charge in [-0.25, -0.2) is 9.13 Å². The van der Waals surface area contributed by atoms with E-state index in [2.05, 4.69) is 58.9 Å². The highest BCUT2D eigenvalue weighted by Gasteiger charge is 2.30. The zero-order chi connectivity index (χ0) is 73.4. The van der Waals surface area contributed by atoms with Gasteiger partial charge in [0.25, 0.3) is 0 Å². The van der Waals surface area contributed by atoms with Crippen LogP contribution in [0, 0.1) is 5.92 Å². The minimum absolute atomic E-state index is 0.102. The lowest BCUT2D eigenvalue weighted by Gasteiger charge is -2.21.